The molecule has 5 nitrogen and oxygen atoms in total. The van der Waals surface area contributed by atoms with E-state index in [1.165, 1.54) is 25.3 Å². The van der Waals surface area contributed by atoms with Gasteiger partial charge in [0.05, 0.1) is 6.61 Å². The first-order chi connectivity index (χ1) is 9.70. The normalized spacial score (nSPS) is 20.8. The third-order valence-corrected chi connectivity index (χ3v) is 4.06. The topological polar surface area (TPSA) is 71.5 Å². The summed E-state index contributed by atoms with van der Waals surface area (Å²) in [7, 11) is 0. The van der Waals surface area contributed by atoms with Crippen LogP contribution in [-0.2, 0) is 6.54 Å². The van der Waals surface area contributed by atoms with Gasteiger partial charge < -0.3 is 15.4 Å². The number of aliphatic hydroxyl groups is 1. The van der Waals surface area contributed by atoms with Gasteiger partial charge >= 0.3 is 0 Å². The number of rotatable bonds is 5. The van der Waals surface area contributed by atoms with Crippen LogP contribution in [0.4, 0.5) is 5.69 Å². The summed E-state index contributed by atoms with van der Waals surface area (Å²) in [6.45, 7) is 2.89. The summed E-state index contributed by atoms with van der Waals surface area (Å²) in [6.07, 6.45) is 7.34. The largest absolute Gasteiger partial charge is 0.398 e. The summed E-state index contributed by atoms with van der Waals surface area (Å²) in [5.74, 6) is 0. The van der Waals surface area contributed by atoms with E-state index in [1.807, 2.05) is 0 Å². The van der Waals surface area contributed by atoms with E-state index in [2.05, 4.69) is 4.90 Å². The average Bonchev–Trinajstić information content (AvgIpc) is 2.67. The average molecular weight is 279 g/mol. The first-order valence-electron chi connectivity index (χ1n) is 7.51. The van der Waals surface area contributed by atoms with Gasteiger partial charge in [-0.25, -0.2) is 0 Å². The highest BCUT2D eigenvalue weighted by Gasteiger charge is 2.19. The van der Waals surface area contributed by atoms with E-state index in [0.29, 0.717) is 12.2 Å². The maximum Gasteiger partial charge on any atom is 0.250 e. The second-order valence-electron chi connectivity index (χ2n) is 5.57. The number of nitrogen functional groups attached to an aromatic ring is 1. The summed E-state index contributed by atoms with van der Waals surface area (Å²) < 4.78 is 1.67. The number of nitrogens with zero attached hydrogens (tertiary/aromatic N) is 2. The van der Waals surface area contributed by atoms with Gasteiger partial charge in [-0.15, -0.1) is 0 Å². The highest BCUT2D eigenvalue weighted by atomic mass is 16.3. The number of pyridine rings is 1. The Morgan fingerprint density at radius 3 is 2.90 bits per heavy atom. The lowest BCUT2D eigenvalue weighted by atomic mass is 10.1. The van der Waals surface area contributed by atoms with Crippen LogP contribution in [0.15, 0.2) is 23.1 Å². The number of anilines is 1. The molecule has 5 heteroatoms. The fraction of sp³-hybridized carbons (Fsp3) is 0.667. The van der Waals surface area contributed by atoms with E-state index in [-0.39, 0.29) is 18.2 Å². The molecular formula is C15H25N3O2. The molecule has 1 aromatic rings. The van der Waals surface area contributed by atoms with Crippen LogP contribution in [0, 0.1) is 0 Å². The molecule has 1 unspecified atom stereocenters. The van der Waals surface area contributed by atoms with Gasteiger partial charge in [0.25, 0.3) is 5.56 Å². The number of aromatic nitrogens is 1. The predicted molar refractivity (Wildman–Crippen MR) is 80.6 cm³/mol. The molecule has 1 saturated heterocycles. The minimum atomic E-state index is -0.00576. The second kappa shape index (κ2) is 7.45. The lowest BCUT2D eigenvalue weighted by Gasteiger charge is -2.28. The summed E-state index contributed by atoms with van der Waals surface area (Å²) in [6, 6.07) is 3.43. The third kappa shape index (κ3) is 4.08. The fourth-order valence-electron chi connectivity index (χ4n) is 2.91. The van der Waals surface area contributed by atoms with Crippen LogP contribution in [-0.4, -0.2) is 40.3 Å². The van der Waals surface area contributed by atoms with Gasteiger partial charge in [0.1, 0.15) is 0 Å². The van der Waals surface area contributed by atoms with Crippen LogP contribution in [0.2, 0.25) is 0 Å². The molecule has 1 atom stereocenters. The summed E-state index contributed by atoms with van der Waals surface area (Å²) in [5.41, 5.74) is 6.32. The highest BCUT2D eigenvalue weighted by molar-refractivity contribution is 5.33. The molecule has 0 aliphatic carbocycles. The van der Waals surface area contributed by atoms with Crippen molar-refractivity contribution in [1.29, 1.82) is 0 Å². The number of nitrogens with two attached hydrogens (primary N) is 1. The van der Waals surface area contributed by atoms with Gasteiger partial charge in [-0.3, -0.25) is 9.69 Å². The number of aryl methyl sites for hydroxylation is 1. The van der Waals surface area contributed by atoms with Crippen molar-refractivity contribution >= 4 is 5.69 Å². The third-order valence-electron chi connectivity index (χ3n) is 4.06. The van der Waals surface area contributed by atoms with Crippen molar-refractivity contribution in [1.82, 2.24) is 9.47 Å². The van der Waals surface area contributed by atoms with Crippen LogP contribution in [0.1, 0.15) is 32.1 Å². The van der Waals surface area contributed by atoms with E-state index in [4.69, 9.17) is 5.73 Å². The van der Waals surface area contributed by atoms with Crippen LogP contribution < -0.4 is 11.3 Å². The lowest BCUT2D eigenvalue weighted by Crippen LogP contribution is -2.38. The Balaban J connectivity index is 1.87. The number of hydrogen-bond donors (Lipinski definition) is 2. The van der Waals surface area contributed by atoms with Crippen molar-refractivity contribution in [3.05, 3.63) is 28.7 Å². The first-order valence-corrected chi connectivity index (χ1v) is 7.51. The Kier molecular flexibility index (Phi) is 5.61. The highest BCUT2D eigenvalue weighted by Crippen LogP contribution is 2.16. The van der Waals surface area contributed by atoms with E-state index >= 15 is 0 Å². The molecule has 1 aromatic heterocycles. The van der Waals surface area contributed by atoms with Gasteiger partial charge in [-0.05, 0) is 31.9 Å². The SMILES string of the molecule is Nc1ccc(=O)n(CCCN2CCCCCC2CO)c1. The molecule has 112 valence electrons. The Bertz CT molecular complexity index is 472. The number of hydrogen-bond acceptors (Lipinski definition) is 4. The summed E-state index contributed by atoms with van der Waals surface area (Å²) in [4.78, 5) is 14.0. The standard InChI is InChI=1S/C15H25N3O2/c16-13-6-7-15(20)18(11-13)10-4-9-17-8-3-1-2-5-14(17)12-19/h6-7,11,14,19H,1-5,8-10,12,16H2. The van der Waals surface area contributed by atoms with E-state index in [1.54, 1.807) is 16.8 Å². The molecule has 0 aromatic carbocycles. The molecule has 0 spiro atoms. The summed E-state index contributed by atoms with van der Waals surface area (Å²) in [5, 5.41) is 9.47. The van der Waals surface area contributed by atoms with Crippen molar-refractivity contribution in [2.24, 2.45) is 0 Å². The number of likely N-dealkylation sites (tertiary alicyclic amines) is 1. The molecule has 1 fully saturated rings. The fourth-order valence-corrected chi connectivity index (χ4v) is 2.91. The van der Waals surface area contributed by atoms with Crippen LogP contribution in [0.3, 0.4) is 0 Å². The van der Waals surface area contributed by atoms with Crippen molar-refractivity contribution in [2.75, 3.05) is 25.4 Å². The quantitative estimate of drug-likeness (QED) is 0.845. The zero-order valence-corrected chi connectivity index (χ0v) is 12.0. The lowest BCUT2D eigenvalue weighted by molar-refractivity contribution is 0.122. The van der Waals surface area contributed by atoms with E-state index in [0.717, 1.165) is 25.9 Å². The van der Waals surface area contributed by atoms with Gasteiger partial charge in [-0.2, -0.15) is 0 Å². The van der Waals surface area contributed by atoms with Gasteiger partial charge in [-0.1, -0.05) is 12.8 Å². The predicted octanol–water partition coefficient (Wildman–Crippen LogP) is 1.06. The molecule has 0 radical (unpaired) electrons. The maximum absolute atomic E-state index is 11.7. The zero-order valence-electron chi connectivity index (χ0n) is 12.0. The van der Waals surface area contributed by atoms with E-state index < -0.39 is 0 Å². The maximum atomic E-state index is 11.7. The molecule has 3 N–H and O–H groups in total. The van der Waals surface area contributed by atoms with Gasteiger partial charge in [0, 0.05) is 37.1 Å². The van der Waals surface area contributed by atoms with Crippen LogP contribution in [0.25, 0.3) is 0 Å². The number of aliphatic hydroxyl groups excluding tert-OH is 1. The molecular weight excluding hydrogens is 254 g/mol. The Labute approximate surface area is 120 Å². The monoisotopic (exact) mass is 279 g/mol. The molecule has 1 aliphatic heterocycles. The first kappa shape index (κ1) is 15.1. The van der Waals surface area contributed by atoms with Crippen molar-refractivity contribution in [2.45, 2.75) is 44.7 Å². The molecule has 0 saturated carbocycles. The molecule has 2 heterocycles. The summed E-state index contributed by atoms with van der Waals surface area (Å²) >= 11 is 0. The van der Waals surface area contributed by atoms with Crippen molar-refractivity contribution in [3.8, 4) is 0 Å². The van der Waals surface area contributed by atoms with Gasteiger partial charge in [0.2, 0.25) is 0 Å². The zero-order chi connectivity index (χ0) is 14.4. The molecule has 20 heavy (non-hydrogen) atoms. The molecule has 1 aliphatic rings. The Hall–Kier alpha value is -1.33. The van der Waals surface area contributed by atoms with Crippen molar-refractivity contribution < 1.29 is 5.11 Å². The van der Waals surface area contributed by atoms with Crippen LogP contribution >= 0.6 is 0 Å². The molecule has 2 rings (SSSR count). The molecule has 0 amide bonds. The van der Waals surface area contributed by atoms with E-state index in [9.17, 15) is 9.90 Å². The Morgan fingerprint density at radius 1 is 1.25 bits per heavy atom. The Morgan fingerprint density at radius 2 is 2.10 bits per heavy atom. The van der Waals surface area contributed by atoms with Crippen LogP contribution in [0.5, 0.6) is 0 Å². The van der Waals surface area contributed by atoms with Crippen molar-refractivity contribution in [3.63, 3.8) is 0 Å². The van der Waals surface area contributed by atoms with Gasteiger partial charge in [0.15, 0.2) is 0 Å². The minimum Gasteiger partial charge on any atom is -0.398 e. The molecule has 0 bridgehead atoms. The second-order valence-corrected chi connectivity index (χ2v) is 5.57. The minimum absolute atomic E-state index is 0.00576. The smallest absolute Gasteiger partial charge is 0.250 e.